The van der Waals surface area contributed by atoms with Crippen LogP contribution in [0.2, 0.25) is 0 Å². The summed E-state index contributed by atoms with van der Waals surface area (Å²) in [6, 6.07) is 22.7. The lowest BCUT2D eigenvalue weighted by Crippen LogP contribution is -2.88. The Hall–Kier alpha value is -2.43. The first-order chi connectivity index (χ1) is 12.6. The van der Waals surface area contributed by atoms with Gasteiger partial charge in [0.25, 0.3) is 5.91 Å². The van der Waals surface area contributed by atoms with E-state index >= 15 is 0 Å². The molecule has 3 aromatic rings. The molecule has 0 spiro atoms. The van der Waals surface area contributed by atoms with Crippen LogP contribution in [-0.2, 0) is 4.79 Å². The van der Waals surface area contributed by atoms with Crippen LogP contribution in [0.25, 0.3) is 0 Å². The lowest BCUT2D eigenvalue weighted by atomic mass is 9.99. The fraction of sp³-hybridized carbons (Fsp3) is 0.227. The lowest BCUT2D eigenvalue weighted by molar-refractivity contribution is -0.713. The van der Waals surface area contributed by atoms with Gasteiger partial charge in [0.05, 0.1) is 4.88 Å². The van der Waals surface area contributed by atoms with Crippen LogP contribution in [0.1, 0.15) is 33.7 Å². The van der Waals surface area contributed by atoms with Crippen LogP contribution in [0.5, 0.6) is 0 Å². The maximum absolute atomic E-state index is 12.9. The van der Waals surface area contributed by atoms with E-state index in [0.29, 0.717) is 0 Å². The normalized spacial score (nSPS) is 13.2. The zero-order valence-electron chi connectivity index (χ0n) is 15.4. The number of likely N-dealkylation sites (N-methyl/N-ethyl adjacent to an activating group) is 1. The minimum Gasteiger partial charge on any atom is -0.343 e. The third-order valence-electron chi connectivity index (χ3n) is 4.54. The number of aryl methyl sites for hydroxylation is 1. The van der Waals surface area contributed by atoms with Gasteiger partial charge in [-0.3, -0.25) is 4.79 Å². The summed E-state index contributed by atoms with van der Waals surface area (Å²) in [6.45, 7) is 2.09. The van der Waals surface area contributed by atoms with Crippen LogP contribution >= 0.6 is 11.3 Å². The summed E-state index contributed by atoms with van der Waals surface area (Å²) < 4.78 is 0. The van der Waals surface area contributed by atoms with E-state index in [-0.39, 0.29) is 18.0 Å². The van der Waals surface area contributed by atoms with Crippen LogP contribution in [0.4, 0.5) is 0 Å². The van der Waals surface area contributed by atoms with Gasteiger partial charge in [-0.25, -0.2) is 0 Å². The van der Waals surface area contributed by atoms with Gasteiger partial charge in [-0.2, -0.15) is 0 Å². The molecule has 2 atom stereocenters. The summed E-state index contributed by atoms with van der Waals surface area (Å²) in [5.41, 5.74) is 3.48. The van der Waals surface area contributed by atoms with Crippen molar-refractivity contribution >= 4 is 17.2 Å². The molecule has 134 valence electrons. The molecule has 0 radical (unpaired) electrons. The van der Waals surface area contributed by atoms with Gasteiger partial charge in [-0.15, -0.1) is 11.3 Å². The average Bonchev–Trinajstić information content (AvgIpc) is 3.18. The van der Waals surface area contributed by atoms with Gasteiger partial charge in [0, 0.05) is 25.2 Å². The number of hydrogen-bond donors (Lipinski definition) is 1. The molecular formula is C22H25N2OS+. The Morgan fingerprint density at radius 3 is 2.19 bits per heavy atom. The molecule has 3 rings (SSSR count). The fourth-order valence-corrected chi connectivity index (χ4v) is 3.91. The van der Waals surface area contributed by atoms with Crippen molar-refractivity contribution in [1.29, 1.82) is 0 Å². The van der Waals surface area contributed by atoms with E-state index in [9.17, 15) is 4.79 Å². The molecule has 0 unspecified atom stereocenters. The quantitative estimate of drug-likeness (QED) is 0.713. The molecule has 2 N–H and O–H groups in total. The van der Waals surface area contributed by atoms with E-state index in [1.807, 2.05) is 44.4 Å². The standard InChI is InChI=1S/C22H24N2OS/c1-16-11-13-18(14-12-16)20(19-10-7-15-26-19)23-21(22(25)24(2)3)17-8-5-4-6-9-17/h4-15,20-21,23H,1-3H3/p+1/t20-,21-/m0/s1. The van der Waals surface area contributed by atoms with E-state index in [1.165, 1.54) is 16.0 Å². The summed E-state index contributed by atoms with van der Waals surface area (Å²) in [6.07, 6.45) is 0. The monoisotopic (exact) mass is 365 g/mol. The molecule has 1 heterocycles. The molecular weight excluding hydrogens is 340 g/mol. The Labute approximate surface area is 159 Å². The second-order valence-electron chi connectivity index (χ2n) is 6.72. The number of nitrogens with zero attached hydrogens (tertiary/aromatic N) is 1. The molecule has 4 heteroatoms. The minimum absolute atomic E-state index is 0.0877. The van der Waals surface area contributed by atoms with E-state index in [2.05, 4.69) is 54.0 Å². The van der Waals surface area contributed by atoms with Gasteiger partial charge in [0.2, 0.25) is 0 Å². The van der Waals surface area contributed by atoms with Crippen molar-refractivity contribution in [3.63, 3.8) is 0 Å². The number of carbonyl (C=O) groups is 1. The summed E-state index contributed by atoms with van der Waals surface area (Å²) in [4.78, 5) is 15.9. The van der Waals surface area contributed by atoms with E-state index < -0.39 is 0 Å². The van der Waals surface area contributed by atoms with Crippen molar-refractivity contribution in [3.05, 3.63) is 93.7 Å². The van der Waals surface area contributed by atoms with Crippen LogP contribution in [0.3, 0.4) is 0 Å². The smallest absolute Gasteiger partial charge is 0.285 e. The number of rotatable bonds is 6. The fourth-order valence-electron chi connectivity index (χ4n) is 3.08. The van der Waals surface area contributed by atoms with Gasteiger partial charge >= 0.3 is 0 Å². The third-order valence-corrected chi connectivity index (χ3v) is 5.49. The Bertz CT molecular complexity index is 826. The number of nitrogens with two attached hydrogens (primary N) is 1. The Morgan fingerprint density at radius 1 is 0.923 bits per heavy atom. The number of hydrogen-bond acceptors (Lipinski definition) is 2. The second-order valence-corrected chi connectivity index (χ2v) is 7.70. The predicted molar refractivity (Wildman–Crippen MR) is 107 cm³/mol. The van der Waals surface area contributed by atoms with Crippen molar-refractivity contribution < 1.29 is 10.1 Å². The molecule has 1 amide bonds. The third kappa shape index (κ3) is 4.21. The molecule has 26 heavy (non-hydrogen) atoms. The van der Waals surface area contributed by atoms with Gasteiger partial charge in [-0.05, 0) is 18.4 Å². The summed E-state index contributed by atoms with van der Waals surface area (Å²) >= 11 is 1.73. The summed E-state index contributed by atoms with van der Waals surface area (Å²) in [5.74, 6) is 0.102. The lowest BCUT2D eigenvalue weighted by Gasteiger charge is -2.24. The van der Waals surface area contributed by atoms with Crippen molar-refractivity contribution in [3.8, 4) is 0 Å². The highest BCUT2D eigenvalue weighted by molar-refractivity contribution is 7.10. The maximum Gasteiger partial charge on any atom is 0.285 e. The van der Waals surface area contributed by atoms with E-state index in [1.54, 1.807) is 16.2 Å². The van der Waals surface area contributed by atoms with Crippen molar-refractivity contribution in [1.82, 2.24) is 4.90 Å². The molecule has 0 bridgehead atoms. The molecule has 0 aliphatic rings. The minimum atomic E-state index is -0.278. The zero-order valence-corrected chi connectivity index (χ0v) is 16.2. The number of thiophene rings is 1. The van der Waals surface area contributed by atoms with Gasteiger partial charge in [-0.1, -0.05) is 66.2 Å². The first kappa shape index (κ1) is 18.4. The largest absolute Gasteiger partial charge is 0.343 e. The van der Waals surface area contributed by atoms with Crippen LogP contribution in [0.15, 0.2) is 72.1 Å². The number of amides is 1. The maximum atomic E-state index is 12.9. The SMILES string of the molecule is Cc1ccc([C@H]([NH2+][C@H](C(=O)N(C)C)c2ccccc2)c2cccs2)cc1. The first-order valence-electron chi connectivity index (χ1n) is 8.77. The molecule has 2 aromatic carbocycles. The molecule has 0 aliphatic heterocycles. The van der Waals surface area contributed by atoms with Crippen molar-refractivity contribution in [2.24, 2.45) is 0 Å². The van der Waals surface area contributed by atoms with Crippen LogP contribution in [0, 0.1) is 6.92 Å². The van der Waals surface area contributed by atoms with Crippen molar-refractivity contribution in [2.75, 3.05) is 14.1 Å². The van der Waals surface area contributed by atoms with Crippen LogP contribution < -0.4 is 5.32 Å². The van der Waals surface area contributed by atoms with Crippen LogP contribution in [-0.4, -0.2) is 24.9 Å². The summed E-state index contributed by atoms with van der Waals surface area (Å²) in [5, 5.41) is 4.28. The molecule has 3 nitrogen and oxygen atoms in total. The highest BCUT2D eigenvalue weighted by atomic mass is 32.1. The molecule has 1 aromatic heterocycles. The Kier molecular flexibility index (Phi) is 5.86. The number of benzene rings is 2. The molecule has 0 aliphatic carbocycles. The Morgan fingerprint density at radius 2 is 1.62 bits per heavy atom. The average molecular weight is 366 g/mol. The van der Waals surface area contributed by atoms with Gasteiger partial charge < -0.3 is 10.2 Å². The second kappa shape index (κ2) is 8.30. The predicted octanol–water partition coefficient (Wildman–Crippen LogP) is 3.54. The van der Waals surface area contributed by atoms with Gasteiger partial charge in [0.15, 0.2) is 6.04 Å². The molecule has 0 saturated heterocycles. The first-order valence-corrected chi connectivity index (χ1v) is 9.65. The zero-order chi connectivity index (χ0) is 18.5. The van der Waals surface area contributed by atoms with E-state index in [4.69, 9.17) is 0 Å². The highest BCUT2D eigenvalue weighted by Gasteiger charge is 2.31. The number of quaternary nitrogens is 1. The summed E-state index contributed by atoms with van der Waals surface area (Å²) in [7, 11) is 3.64. The molecule has 0 saturated carbocycles. The molecule has 0 fully saturated rings. The topological polar surface area (TPSA) is 36.9 Å². The van der Waals surface area contributed by atoms with Crippen molar-refractivity contribution in [2.45, 2.75) is 19.0 Å². The van der Waals surface area contributed by atoms with E-state index in [0.717, 1.165) is 5.56 Å². The highest BCUT2D eigenvalue weighted by Crippen LogP contribution is 2.25. The van der Waals surface area contributed by atoms with Gasteiger partial charge in [0.1, 0.15) is 6.04 Å². The Balaban J connectivity index is 1.99. The number of carbonyl (C=O) groups excluding carboxylic acids is 1.